The molecule has 0 heteroatoms. The van der Waals surface area contributed by atoms with Crippen molar-refractivity contribution in [1.82, 2.24) is 0 Å². The smallest absolute Gasteiger partial charge is 0.0348 e. The maximum atomic E-state index is 2.32. The first-order chi connectivity index (χ1) is 12.0. The van der Waals surface area contributed by atoms with Gasteiger partial charge in [-0.3, -0.25) is 0 Å². The van der Waals surface area contributed by atoms with Gasteiger partial charge in [0.2, 0.25) is 0 Å². The van der Waals surface area contributed by atoms with Gasteiger partial charge in [-0.1, -0.05) is 126 Å². The van der Waals surface area contributed by atoms with Gasteiger partial charge in [0.1, 0.15) is 0 Å². The first kappa shape index (κ1) is 21.3. The van der Waals surface area contributed by atoms with E-state index in [9.17, 15) is 0 Å². The van der Waals surface area contributed by atoms with Crippen molar-refractivity contribution in [2.24, 2.45) is 0 Å². The lowest BCUT2D eigenvalue weighted by atomic mass is 10.0. The molecule has 0 aromatic carbocycles. The van der Waals surface area contributed by atoms with Gasteiger partial charge in [-0.2, -0.15) is 0 Å². The molecule has 0 unspecified atom stereocenters. The highest BCUT2D eigenvalue weighted by Crippen LogP contribution is 2.14. The maximum Gasteiger partial charge on any atom is -0.0348 e. The summed E-state index contributed by atoms with van der Waals surface area (Å²) in [6, 6.07) is 0. The lowest BCUT2D eigenvalue weighted by Crippen LogP contribution is -1.84. The van der Waals surface area contributed by atoms with Crippen LogP contribution in [0.3, 0.4) is 0 Å². The van der Waals surface area contributed by atoms with Crippen LogP contribution >= 0.6 is 0 Å². The minimum atomic E-state index is 1.24. The van der Waals surface area contributed by atoms with Crippen LogP contribution in [0, 0.1) is 0 Å². The minimum absolute atomic E-state index is 1.24. The van der Waals surface area contributed by atoms with Gasteiger partial charge in [-0.05, 0) is 25.7 Å². The SMILES string of the molecule is C1=C/C=C/CCCCCCCCCCCCCCCCCCC=C1. The predicted octanol–water partition coefficient (Wildman–Crippen LogP) is 8.69. The standard InChI is InChI=1S/C24H42/c1-2-4-6-8-10-12-14-16-18-20-22-24-23-21-19-17-15-13-11-9-7-5-3-1/h1-6H,7-24H2/b2-1?,5-3+,6-4?. The molecule has 138 valence electrons. The average Bonchev–Trinajstić information content (AvgIpc) is 2.59. The molecule has 0 amide bonds. The zero-order chi connectivity index (χ0) is 17.0. The molecular weight excluding hydrogens is 288 g/mol. The lowest BCUT2D eigenvalue weighted by Gasteiger charge is -2.03. The summed E-state index contributed by atoms with van der Waals surface area (Å²) in [5.74, 6) is 0. The van der Waals surface area contributed by atoms with E-state index in [1.807, 2.05) is 0 Å². The van der Waals surface area contributed by atoms with Gasteiger partial charge >= 0.3 is 0 Å². The summed E-state index contributed by atoms with van der Waals surface area (Å²) in [5, 5.41) is 0. The summed E-state index contributed by atoms with van der Waals surface area (Å²) in [6.45, 7) is 0. The van der Waals surface area contributed by atoms with Crippen LogP contribution < -0.4 is 0 Å². The van der Waals surface area contributed by atoms with Crippen LogP contribution in [0.2, 0.25) is 0 Å². The van der Waals surface area contributed by atoms with E-state index >= 15 is 0 Å². The molecule has 0 saturated heterocycles. The Morgan fingerprint density at radius 2 is 0.500 bits per heavy atom. The van der Waals surface area contributed by atoms with Gasteiger partial charge in [0.15, 0.2) is 0 Å². The monoisotopic (exact) mass is 330 g/mol. The Hall–Kier alpha value is -0.780. The Morgan fingerprint density at radius 3 is 0.792 bits per heavy atom. The number of allylic oxidation sites excluding steroid dienone is 6. The largest absolute Gasteiger partial charge is 0.0845 e. The van der Waals surface area contributed by atoms with Crippen LogP contribution in [0.5, 0.6) is 0 Å². The predicted molar refractivity (Wildman–Crippen MR) is 111 cm³/mol. The van der Waals surface area contributed by atoms with Crippen molar-refractivity contribution in [3.63, 3.8) is 0 Å². The van der Waals surface area contributed by atoms with Crippen molar-refractivity contribution in [2.75, 3.05) is 0 Å². The molecule has 0 saturated carbocycles. The molecule has 0 nitrogen and oxygen atoms in total. The summed E-state index contributed by atoms with van der Waals surface area (Å²) >= 11 is 0. The van der Waals surface area contributed by atoms with Crippen molar-refractivity contribution in [1.29, 1.82) is 0 Å². The second-order valence-corrected chi connectivity index (χ2v) is 7.48. The molecule has 0 spiro atoms. The zero-order valence-corrected chi connectivity index (χ0v) is 16.2. The van der Waals surface area contributed by atoms with E-state index in [0.717, 1.165) is 0 Å². The third-order valence-electron chi connectivity index (χ3n) is 5.10. The maximum absolute atomic E-state index is 2.32. The summed E-state index contributed by atoms with van der Waals surface area (Å²) in [6.07, 6.45) is 39.0. The van der Waals surface area contributed by atoms with Crippen LogP contribution in [0.4, 0.5) is 0 Å². The number of rotatable bonds is 0. The second-order valence-electron chi connectivity index (χ2n) is 7.48. The lowest BCUT2D eigenvalue weighted by molar-refractivity contribution is 0.528. The Morgan fingerprint density at radius 1 is 0.250 bits per heavy atom. The highest BCUT2D eigenvalue weighted by molar-refractivity contribution is 5.10. The molecule has 0 radical (unpaired) electrons. The van der Waals surface area contributed by atoms with Gasteiger partial charge in [-0.15, -0.1) is 0 Å². The van der Waals surface area contributed by atoms with E-state index in [2.05, 4.69) is 36.5 Å². The van der Waals surface area contributed by atoms with Gasteiger partial charge in [0, 0.05) is 0 Å². The van der Waals surface area contributed by atoms with Crippen LogP contribution in [-0.2, 0) is 0 Å². The quantitative estimate of drug-likeness (QED) is 0.416. The number of hydrogen-bond donors (Lipinski definition) is 0. The van der Waals surface area contributed by atoms with Crippen LogP contribution in [-0.4, -0.2) is 0 Å². The molecular formula is C24H42. The third-order valence-corrected chi connectivity index (χ3v) is 5.10. The van der Waals surface area contributed by atoms with Crippen LogP contribution in [0.15, 0.2) is 36.5 Å². The topological polar surface area (TPSA) is 0 Å². The summed E-state index contributed by atoms with van der Waals surface area (Å²) in [4.78, 5) is 0. The van der Waals surface area contributed by atoms with E-state index < -0.39 is 0 Å². The van der Waals surface area contributed by atoms with Gasteiger partial charge < -0.3 is 0 Å². The molecule has 24 heavy (non-hydrogen) atoms. The Balaban J connectivity index is 2.15. The van der Waals surface area contributed by atoms with Crippen molar-refractivity contribution in [3.8, 4) is 0 Å². The molecule has 1 rings (SSSR count). The molecule has 0 aliphatic heterocycles. The fourth-order valence-electron chi connectivity index (χ4n) is 3.48. The number of hydrogen-bond acceptors (Lipinski definition) is 0. The zero-order valence-electron chi connectivity index (χ0n) is 16.2. The molecule has 1 aliphatic rings. The van der Waals surface area contributed by atoms with Gasteiger partial charge in [-0.25, -0.2) is 0 Å². The Bertz CT molecular complexity index is 289. The Kier molecular flexibility index (Phi) is 16.4. The van der Waals surface area contributed by atoms with E-state index in [-0.39, 0.29) is 0 Å². The fraction of sp³-hybridized carbons (Fsp3) is 0.750. The average molecular weight is 331 g/mol. The van der Waals surface area contributed by atoms with E-state index in [0.29, 0.717) is 0 Å². The normalized spacial score (nSPS) is 23.3. The molecule has 0 aromatic heterocycles. The minimum Gasteiger partial charge on any atom is -0.0845 e. The van der Waals surface area contributed by atoms with Gasteiger partial charge in [0.25, 0.3) is 0 Å². The molecule has 0 aromatic rings. The molecule has 0 N–H and O–H groups in total. The first-order valence-corrected chi connectivity index (χ1v) is 11.0. The van der Waals surface area contributed by atoms with Gasteiger partial charge in [0.05, 0.1) is 0 Å². The van der Waals surface area contributed by atoms with E-state index in [1.54, 1.807) is 0 Å². The van der Waals surface area contributed by atoms with Crippen molar-refractivity contribution in [2.45, 2.75) is 116 Å². The molecule has 0 heterocycles. The van der Waals surface area contributed by atoms with E-state index in [1.165, 1.54) is 116 Å². The second kappa shape index (κ2) is 18.6. The first-order valence-electron chi connectivity index (χ1n) is 11.0. The Labute approximate surface area is 152 Å². The summed E-state index contributed by atoms with van der Waals surface area (Å²) < 4.78 is 0. The summed E-state index contributed by atoms with van der Waals surface area (Å²) in [5.41, 5.74) is 0. The highest BCUT2D eigenvalue weighted by atomic mass is 14.0. The van der Waals surface area contributed by atoms with Crippen molar-refractivity contribution < 1.29 is 0 Å². The summed E-state index contributed by atoms with van der Waals surface area (Å²) in [7, 11) is 0. The third kappa shape index (κ3) is 16.1. The van der Waals surface area contributed by atoms with Crippen LogP contribution in [0.25, 0.3) is 0 Å². The van der Waals surface area contributed by atoms with Crippen LogP contribution in [0.1, 0.15) is 116 Å². The molecule has 0 atom stereocenters. The molecule has 1 aliphatic carbocycles. The van der Waals surface area contributed by atoms with Crippen molar-refractivity contribution >= 4 is 0 Å². The fourth-order valence-corrected chi connectivity index (χ4v) is 3.48. The van der Waals surface area contributed by atoms with Crippen molar-refractivity contribution in [3.05, 3.63) is 36.5 Å². The molecule has 0 fully saturated rings. The molecule has 0 bridgehead atoms. The highest BCUT2D eigenvalue weighted by Gasteiger charge is 1.94. The van der Waals surface area contributed by atoms with E-state index in [4.69, 9.17) is 0 Å².